The van der Waals surface area contributed by atoms with Crippen molar-refractivity contribution in [3.8, 4) is 0 Å². The first kappa shape index (κ1) is 23.5. The van der Waals surface area contributed by atoms with Crippen LogP contribution < -0.4 is 4.90 Å². The number of methoxy groups -OCH3 is 1. The van der Waals surface area contributed by atoms with E-state index < -0.39 is 0 Å². The number of aromatic nitrogens is 2. The monoisotopic (exact) mass is 448 g/mol. The van der Waals surface area contributed by atoms with E-state index in [9.17, 15) is 4.79 Å². The molecule has 1 aromatic heterocycles. The number of anilines is 1. The molecule has 1 fully saturated rings. The number of ether oxygens (including phenoxy) is 1. The summed E-state index contributed by atoms with van der Waals surface area (Å²) < 4.78 is 7.59. The molecule has 176 valence electrons. The Morgan fingerprint density at radius 3 is 2.64 bits per heavy atom. The highest BCUT2D eigenvalue weighted by Crippen LogP contribution is 2.29. The van der Waals surface area contributed by atoms with Crippen LogP contribution in [-0.4, -0.2) is 53.2 Å². The van der Waals surface area contributed by atoms with Gasteiger partial charge in [0.15, 0.2) is 0 Å². The van der Waals surface area contributed by atoms with Gasteiger partial charge in [0.2, 0.25) is 5.91 Å². The lowest BCUT2D eigenvalue weighted by Crippen LogP contribution is -2.44. The third kappa shape index (κ3) is 4.97. The average molecular weight is 449 g/mol. The summed E-state index contributed by atoms with van der Waals surface area (Å²) in [6.45, 7) is 9.99. The van der Waals surface area contributed by atoms with Gasteiger partial charge in [0.1, 0.15) is 12.4 Å². The third-order valence-electron chi connectivity index (χ3n) is 6.65. The van der Waals surface area contributed by atoms with Crippen LogP contribution >= 0.6 is 0 Å². The number of para-hydroxylation sites is 3. The predicted octanol–water partition coefficient (Wildman–Crippen LogP) is 4.57. The van der Waals surface area contributed by atoms with E-state index in [0.717, 1.165) is 54.2 Å². The summed E-state index contributed by atoms with van der Waals surface area (Å²) in [7, 11) is 1.69. The molecular formula is C27H36N4O2. The maximum atomic E-state index is 14.0. The van der Waals surface area contributed by atoms with Crippen LogP contribution in [0, 0.1) is 6.92 Å². The van der Waals surface area contributed by atoms with Gasteiger partial charge in [0.05, 0.1) is 35.9 Å². The van der Waals surface area contributed by atoms with Crippen LogP contribution in [0.5, 0.6) is 0 Å². The molecule has 1 amide bonds. The number of likely N-dealkylation sites (tertiary alicyclic amines) is 1. The van der Waals surface area contributed by atoms with E-state index in [4.69, 9.17) is 9.72 Å². The Bertz CT molecular complexity index is 1100. The van der Waals surface area contributed by atoms with Gasteiger partial charge in [-0.2, -0.15) is 0 Å². The van der Waals surface area contributed by atoms with Crippen molar-refractivity contribution < 1.29 is 9.53 Å². The maximum absolute atomic E-state index is 14.0. The molecule has 1 aliphatic heterocycles. The van der Waals surface area contributed by atoms with E-state index in [1.165, 1.54) is 18.4 Å². The number of rotatable bonds is 9. The molecule has 0 aliphatic carbocycles. The van der Waals surface area contributed by atoms with Crippen molar-refractivity contribution in [2.75, 3.05) is 31.7 Å². The van der Waals surface area contributed by atoms with Gasteiger partial charge in [-0.05, 0) is 69.5 Å². The number of imidazole rings is 1. The lowest BCUT2D eigenvalue weighted by molar-refractivity contribution is -0.119. The largest absolute Gasteiger partial charge is 0.383 e. The molecule has 0 radical (unpaired) electrons. The van der Waals surface area contributed by atoms with Crippen LogP contribution in [0.1, 0.15) is 43.6 Å². The third-order valence-corrected chi connectivity index (χ3v) is 6.65. The Morgan fingerprint density at radius 2 is 1.91 bits per heavy atom. The molecule has 2 heterocycles. The highest BCUT2D eigenvalue weighted by molar-refractivity contribution is 5.96. The zero-order chi connectivity index (χ0) is 23.4. The van der Waals surface area contributed by atoms with Gasteiger partial charge >= 0.3 is 0 Å². The van der Waals surface area contributed by atoms with Gasteiger partial charge in [-0.3, -0.25) is 9.69 Å². The van der Waals surface area contributed by atoms with E-state index in [2.05, 4.69) is 54.5 Å². The summed E-state index contributed by atoms with van der Waals surface area (Å²) >= 11 is 0. The molecule has 3 aromatic rings. The van der Waals surface area contributed by atoms with Crippen LogP contribution in [0.25, 0.3) is 11.0 Å². The van der Waals surface area contributed by atoms with Crippen molar-refractivity contribution >= 4 is 22.6 Å². The zero-order valence-electron chi connectivity index (χ0n) is 20.4. The number of carbonyl (C=O) groups excluding carboxylic acids is 1. The van der Waals surface area contributed by atoms with Crippen molar-refractivity contribution in [1.82, 2.24) is 14.5 Å². The molecule has 1 saturated heterocycles. The lowest BCUT2D eigenvalue weighted by atomic mass is 10.0. The number of hydrogen-bond donors (Lipinski definition) is 0. The number of aryl methyl sites for hydroxylation is 2. The Hall–Kier alpha value is -2.70. The highest BCUT2D eigenvalue weighted by atomic mass is 16.5. The fourth-order valence-corrected chi connectivity index (χ4v) is 5.03. The number of nitrogens with zero attached hydrogens (tertiary/aromatic N) is 4. The molecule has 2 aromatic carbocycles. The number of benzene rings is 2. The SMILES string of the molecule is CCc1cccc(C)c1N(C(=O)Cn1c(CN2CCCC2)nc2ccccc21)[C@H](C)COC. The van der Waals surface area contributed by atoms with Gasteiger partial charge in [0.25, 0.3) is 0 Å². The fraction of sp³-hybridized carbons (Fsp3) is 0.481. The molecule has 6 heteroatoms. The molecule has 0 bridgehead atoms. The van der Waals surface area contributed by atoms with Crippen molar-refractivity contribution in [3.05, 3.63) is 59.4 Å². The Labute approximate surface area is 197 Å². The molecule has 4 rings (SSSR count). The summed E-state index contributed by atoms with van der Waals surface area (Å²) in [6.07, 6.45) is 3.33. The minimum absolute atomic E-state index is 0.0642. The summed E-state index contributed by atoms with van der Waals surface area (Å²) in [4.78, 5) is 23.3. The van der Waals surface area contributed by atoms with Crippen molar-refractivity contribution in [2.24, 2.45) is 0 Å². The van der Waals surface area contributed by atoms with E-state index in [-0.39, 0.29) is 18.5 Å². The quantitative estimate of drug-likeness (QED) is 0.481. The van der Waals surface area contributed by atoms with E-state index in [1.54, 1.807) is 7.11 Å². The molecule has 0 N–H and O–H groups in total. The van der Waals surface area contributed by atoms with Crippen LogP contribution in [0.4, 0.5) is 5.69 Å². The standard InChI is InChI=1S/C27H36N4O2/c1-5-22-12-10-11-20(2)27(22)31(21(3)19-33-4)26(32)18-30-24-14-7-6-13-23(24)28-25(30)17-29-15-8-9-16-29/h6-7,10-14,21H,5,8-9,15-19H2,1-4H3/t21-/m1/s1. The maximum Gasteiger partial charge on any atom is 0.247 e. The summed E-state index contributed by atoms with van der Waals surface area (Å²) in [5.74, 6) is 1.03. The Morgan fingerprint density at radius 1 is 1.15 bits per heavy atom. The molecule has 0 spiro atoms. The smallest absolute Gasteiger partial charge is 0.247 e. The van der Waals surface area contributed by atoms with E-state index in [0.29, 0.717) is 6.61 Å². The van der Waals surface area contributed by atoms with Gasteiger partial charge in [-0.25, -0.2) is 4.98 Å². The summed E-state index contributed by atoms with van der Waals surface area (Å²) in [5.41, 5.74) is 5.26. The van der Waals surface area contributed by atoms with Gasteiger partial charge in [-0.15, -0.1) is 0 Å². The van der Waals surface area contributed by atoms with Crippen molar-refractivity contribution in [1.29, 1.82) is 0 Å². The van der Waals surface area contributed by atoms with Crippen LogP contribution in [0.2, 0.25) is 0 Å². The normalized spacial score (nSPS) is 15.3. The lowest BCUT2D eigenvalue weighted by Gasteiger charge is -2.32. The molecule has 1 atom stereocenters. The Balaban J connectivity index is 1.73. The second-order valence-corrected chi connectivity index (χ2v) is 9.09. The molecule has 0 saturated carbocycles. The minimum atomic E-state index is -0.0780. The summed E-state index contributed by atoms with van der Waals surface area (Å²) in [6, 6.07) is 14.3. The van der Waals surface area contributed by atoms with E-state index in [1.807, 2.05) is 23.1 Å². The van der Waals surface area contributed by atoms with Crippen molar-refractivity contribution in [3.63, 3.8) is 0 Å². The minimum Gasteiger partial charge on any atom is -0.383 e. The van der Waals surface area contributed by atoms with Crippen LogP contribution in [-0.2, 0) is 29.0 Å². The molecule has 33 heavy (non-hydrogen) atoms. The topological polar surface area (TPSA) is 50.6 Å². The van der Waals surface area contributed by atoms with Gasteiger partial charge in [-0.1, -0.05) is 37.3 Å². The fourth-order valence-electron chi connectivity index (χ4n) is 5.03. The number of hydrogen-bond acceptors (Lipinski definition) is 4. The van der Waals surface area contributed by atoms with Crippen molar-refractivity contribution in [2.45, 2.75) is 59.2 Å². The first-order valence-electron chi connectivity index (χ1n) is 12.1. The number of carbonyl (C=O) groups is 1. The summed E-state index contributed by atoms with van der Waals surface area (Å²) in [5, 5.41) is 0. The van der Waals surface area contributed by atoms with Crippen LogP contribution in [0.3, 0.4) is 0 Å². The molecule has 0 unspecified atom stereocenters. The van der Waals surface area contributed by atoms with Crippen LogP contribution in [0.15, 0.2) is 42.5 Å². The first-order valence-corrected chi connectivity index (χ1v) is 12.1. The molecular weight excluding hydrogens is 412 g/mol. The average Bonchev–Trinajstić information content (AvgIpc) is 3.44. The second kappa shape index (κ2) is 10.5. The Kier molecular flexibility index (Phi) is 7.46. The number of amides is 1. The molecule has 6 nitrogen and oxygen atoms in total. The first-order chi connectivity index (χ1) is 16.0. The highest BCUT2D eigenvalue weighted by Gasteiger charge is 2.27. The zero-order valence-corrected chi connectivity index (χ0v) is 20.4. The molecule has 1 aliphatic rings. The predicted molar refractivity (Wildman–Crippen MR) is 134 cm³/mol. The second-order valence-electron chi connectivity index (χ2n) is 9.09. The van der Waals surface area contributed by atoms with E-state index >= 15 is 0 Å². The van der Waals surface area contributed by atoms with Gasteiger partial charge in [0, 0.05) is 7.11 Å². The van der Waals surface area contributed by atoms with Gasteiger partial charge < -0.3 is 14.2 Å². The number of fused-ring (bicyclic) bond motifs is 1.